The first-order valence-electron chi connectivity index (χ1n) is 8.78. The van der Waals surface area contributed by atoms with E-state index in [4.69, 9.17) is 0 Å². The van der Waals surface area contributed by atoms with E-state index in [1.165, 1.54) is 4.68 Å². The van der Waals surface area contributed by atoms with E-state index in [2.05, 4.69) is 24.3 Å². The maximum Gasteiger partial charge on any atom is 0.275 e. The second-order valence-corrected chi connectivity index (χ2v) is 6.79. The maximum absolute atomic E-state index is 12.6. The van der Waals surface area contributed by atoms with Crippen LogP contribution in [0.4, 0.5) is 0 Å². The molecule has 134 valence electrons. The number of hydrogen-bond donors (Lipinski definition) is 1. The molecule has 1 atom stereocenters. The molecule has 1 heterocycles. The summed E-state index contributed by atoms with van der Waals surface area (Å²) in [5, 5.41) is 8.74. The van der Waals surface area contributed by atoms with Crippen LogP contribution in [0.2, 0.25) is 0 Å². The van der Waals surface area contributed by atoms with Gasteiger partial charge in [0, 0.05) is 5.39 Å². The van der Waals surface area contributed by atoms with Gasteiger partial charge in [-0.25, -0.2) is 4.68 Å². The van der Waals surface area contributed by atoms with Crippen molar-refractivity contribution in [3.63, 3.8) is 0 Å². The molecule has 26 heavy (non-hydrogen) atoms. The summed E-state index contributed by atoms with van der Waals surface area (Å²) >= 11 is 0. The molecule has 1 aromatic heterocycles. The van der Waals surface area contributed by atoms with Crippen molar-refractivity contribution in [1.29, 1.82) is 0 Å². The van der Waals surface area contributed by atoms with Crippen molar-refractivity contribution in [3.8, 4) is 0 Å². The molecule has 3 aromatic rings. The number of hydrogen-bond acceptors (Lipinski definition) is 3. The van der Waals surface area contributed by atoms with Gasteiger partial charge in [0.1, 0.15) is 6.54 Å². The number of nitrogens with zero attached hydrogens (tertiary/aromatic N) is 2. The van der Waals surface area contributed by atoms with Crippen molar-refractivity contribution in [1.82, 2.24) is 15.1 Å². The number of amides is 1. The molecule has 0 saturated heterocycles. The third-order valence-corrected chi connectivity index (χ3v) is 4.49. The first-order valence-corrected chi connectivity index (χ1v) is 8.78. The molecule has 1 unspecified atom stereocenters. The van der Waals surface area contributed by atoms with Gasteiger partial charge < -0.3 is 5.32 Å². The summed E-state index contributed by atoms with van der Waals surface area (Å²) in [7, 11) is 0. The third kappa shape index (κ3) is 3.67. The summed E-state index contributed by atoms with van der Waals surface area (Å²) < 4.78 is 1.25. The van der Waals surface area contributed by atoms with Gasteiger partial charge in [-0.2, -0.15) is 5.10 Å². The van der Waals surface area contributed by atoms with Crippen molar-refractivity contribution >= 4 is 16.7 Å². The molecule has 3 rings (SSSR count). The van der Waals surface area contributed by atoms with Crippen LogP contribution in [0, 0.1) is 12.8 Å². The normalized spacial score (nSPS) is 12.3. The summed E-state index contributed by atoms with van der Waals surface area (Å²) in [5.41, 5.74) is 1.53. The first-order chi connectivity index (χ1) is 12.5. The molecule has 0 bridgehead atoms. The molecule has 0 aliphatic heterocycles. The molecule has 2 aromatic carbocycles. The number of benzene rings is 2. The van der Waals surface area contributed by atoms with Crippen LogP contribution >= 0.6 is 0 Å². The molecule has 5 heteroatoms. The van der Waals surface area contributed by atoms with Crippen LogP contribution < -0.4 is 10.9 Å². The van der Waals surface area contributed by atoms with Gasteiger partial charge in [-0.15, -0.1) is 0 Å². The van der Waals surface area contributed by atoms with Gasteiger partial charge >= 0.3 is 0 Å². The summed E-state index contributed by atoms with van der Waals surface area (Å²) in [6.45, 7) is 5.86. The van der Waals surface area contributed by atoms with Gasteiger partial charge in [0.2, 0.25) is 5.91 Å². The minimum Gasteiger partial charge on any atom is -0.347 e. The number of carbonyl (C=O) groups is 1. The van der Waals surface area contributed by atoms with Gasteiger partial charge in [-0.1, -0.05) is 62.4 Å². The Labute approximate surface area is 152 Å². The van der Waals surface area contributed by atoms with E-state index in [1.54, 1.807) is 6.07 Å². The number of rotatable bonds is 5. The molecule has 0 saturated carbocycles. The monoisotopic (exact) mass is 349 g/mol. The molecule has 0 radical (unpaired) electrons. The van der Waals surface area contributed by atoms with Crippen LogP contribution in [0.15, 0.2) is 59.4 Å². The molecule has 0 aliphatic carbocycles. The van der Waals surface area contributed by atoms with Gasteiger partial charge in [-0.3, -0.25) is 9.59 Å². The Balaban J connectivity index is 1.85. The predicted octanol–water partition coefficient (Wildman–Crippen LogP) is 3.22. The first kappa shape index (κ1) is 17.9. The lowest BCUT2D eigenvalue weighted by Gasteiger charge is -2.23. The van der Waals surface area contributed by atoms with E-state index >= 15 is 0 Å². The van der Waals surface area contributed by atoms with Gasteiger partial charge in [0.15, 0.2) is 0 Å². The van der Waals surface area contributed by atoms with Crippen molar-refractivity contribution in [2.45, 2.75) is 33.4 Å². The molecule has 5 nitrogen and oxygen atoms in total. The largest absolute Gasteiger partial charge is 0.347 e. The second-order valence-electron chi connectivity index (χ2n) is 6.79. The summed E-state index contributed by atoms with van der Waals surface area (Å²) in [6, 6.07) is 17.1. The fourth-order valence-corrected chi connectivity index (χ4v) is 3.16. The molecule has 0 fully saturated rings. The highest BCUT2D eigenvalue weighted by Crippen LogP contribution is 2.21. The Kier molecular flexibility index (Phi) is 5.16. The zero-order chi connectivity index (χ0) is 18.7. The van der Waals surface area contributed by atoms with Crippen LogP contribution in [0.5, 0.6) is 0 Å². The average molecular weight is 349 g/mol. The Morgan fingerprint density at radius 2 is 1.65 bits per heavy atom. The van der Waals surface area contributed by atoms with Crippen molar-refractivity contribution in [2.75, 3.05) is 0 Å². The maximum atomic E-state index is 12.6. The highest BCUT2D eigenvalue weighted by Gasteiger charge is 2.19. The number of fused-ring (bicyclic) bond motifs is 1. The van der Waals surface area contributed by atoms with Crippen LogP contribution in [-0.2, 0) is 11.3 Å². The molecular weight excluding hydrogens is 326 g/mol. The summed E-state index contributed by atoms with van der Waals surface area (Å²) in [5.74, 6) is 0.00112. The van der Waals surface area contributed by atoms with Crippen molar-refractivity contribution < 1.29 is 4.79 Å². The quantitative estimate of drug-likeness (QED) is 0.769. The smallest absolute Gasteiger partial charge is 0.275 e. The van der Waals surface area contributed by atoms with E-state index in [0.29, 0.717) is 5.39 Å². The van der Waals surface area contributed by atoms with Crippen LogP contribution in [0.25, 0.3) is 10.8 Å². The fourth-order valence-electron chi connectivity index (χ4n) is 3.16. The van der Waals surface area contributed by atoms with Crippen LogP contribution in [0.3, 0.4) is 0 Å². The number of aryl methyl sites for hydroxylation is 1. The van der Waals surface area contributed by atoms with Gasteiger partial charge in [0.25, 0.3) is 5.56 Å². The molecule has 1 amide bonds. The number of aromatic nitrogens is 2. The van der Waals surface area contributed by atoms with E-state index in [9.17, 15) is 9.59 Å². The van der Waals surface area contributed by atoms with Gasteiger partial charge in [0.05, 0.1) is 17.1 Å². The zero-order valence-electron chi connectivity index (χ0n) is 15.3. The molecule has 0 spiro atoms. The predicted molar refractivity (Wildman–Crippen MR) is 103 cm³/mol. The second kappa shape index (κ2) is 7.52. The average Bonchev–Trinajstić information content (AvgIpc) is 2.64. The molecule has 0 aliphatic rings. The van der Waals surface area contributed by atoms with Crippen LogP contribution in [0.1, 0.15) is 31.1 Å². The zero-order valence-corrected chi connectivity index (χ0v) is 15.3. The van der Waals surface area contributed by atoms with Crippen molar-refractivity contribution in [3.05, 3.63) is 76.2 Å². The minimum atomic E-state index is -0.248. The Bertz CT molecular complexity index is 977. The lowest BCUT2D eigenvalue weighted by molar-refractivity contribution is -0.123. The van der Waals surface area contributed by atoms with E-state index in [1.807, 2.05) is 55.5 Å². The van der Waals surface area contributed by atoms with E-state index < -0.39 is 0 Å². The molecule has 1 N–H and O–H groups in total. The third-order valence-electron chi connectivity index (χ3n) is 4.49. The Morgan fingerprint density at radius 3 is 2.31 bits per heavy atom. The topological polar surface area (TPSA) is 64.0 Å². The Morgan fingerprint density at radius 1 is 1.04 bits per heavy atom. The lowest BCUT2D eigenvalue weighted by Crippen LogP contribution is -2.37. The van der Waals surface area contributed by atoms with E-state index in [-0.39, 0.29) is 30.0 Å². The SMILES string of the molecule is Cc1nn(CC(=O)NC(c2ccccc2)C(C)C)c(=O)c2ccccc12. The number of nitrogens with one attached hydrogen (secondary N) is 1. The Hall–Kier alpha value is -2.95. The standard InChI is InChI=1S/C21H23N3O2/c1-14(2)20(16-9-5-4-6-10-16)22-19(25)13-24-21(26)18-12-8-7-11-17(18)15(3)23-24/h4-12,14,20H,13H2,1-3H3,(H,22,25). The van der Waals surface area contributed by atoms with Crippen molar-refractivity contribution in [2.24, 2.45) is 5.92 Å². The van der Waals surface area contributed by atoms with Gasteiger partial charge in [-0.05, 0) is 24.5 Å². The van der Waals surface area contributed by atoms with Crippen LogP contribution in [-0.4, -0.2) is 15.7 Å². The lowest BCUT2D eigenvalue weighted by atomic mass is 9.96. The highest BCUT2D eigenvalue weighted by molar-refractivity contribution is 5.83. The fraction of sp³-hybridized carbons (Fsp3) is 0.286. The number of carbonyl (C=O) groups excluding carboxylic acids is 1. The highest BCUT2D eigenvalue weighted by atomic mass is 16.2. The summed E-state index contributed by atoms with van der Waals surface area (Å²) in [4.78, 5) is 25.2. The summed E-state index contributed by atoms with van der Waals surface area (Å²) in [6.07, 6.45) is 0. The minimum absolute atomic E-state index is 0.0967. The van der Waals surface area contributed by atoms with E-state index in [0.717, 1.165) is 16.6 Å². The molecular formula is C21H23N3O2.